The number of esters is 1. The minimum atomic E-state index is -0.987. The second-order valence-electron chi connectivity index (χ2n) is 6.14. The average molecular weight is 408 g/mol. The van der Waals surface area contributed by atoms with Crippen LogP contribution in [-0.2, 0) is 25.5 Å². The Hall–Kier alpha value is -2.08. The summed E-state index contributed by atoms with van der Waals surface area (Å²) in [6, 6.07) is 14.0. The summed E-state index contributed by atoms with van der Waals surface area (Å²) in [7, 11) is 0. The van der Waals surface area contributed by atoms with E-state index in [4.69, 9.17) is 32.7 Å². The standard InChI is InChI=1S/C20H19Cl2NO4/c21-16-7-6-14(12-17(16)22)13-18(24)27-19(15-4-2-1-3-5-15)20(25)23-8-10-26-11-9-23/h1-7,12,19H,8-11,13H2/t19-/m1/s1. The number of carbonyl (C=O) groups is 2. The van der Waals surface area contributed by atoms with Crippen LogP contribution in [0.2, 0.25) is 10.0 Å². The van der Waals surface area contributed by atoms with Crippen molar-refractivity contribution in [3.63, 3.8) is 0 Å². The molecule has 3 rings (SSSR count). The van der Waals surface area contributed by atoms with Gasteiger partial charge in [0.1, 0.15) is 0 Å². The van der Waals surface area contributed by atoms with Crippen LogP contribution in [0, 0.1) is 0 Å². The maximum absolute atomic E-state index is 12.9. The van der Waals surface area contributed by atoms with Crippen LogP contribution in [0.25, 0.3) is 0 Å². The Morgan fingerprint density at radius 3 is 2.41 bits per heavy atom. The molecule has 0 N–H and O–H groups in total. The fourth-order valence-corrected chi connectivity index (χ4v) is 3.15. The van der Waals surface area contributed by atoms with E-state index >= 15 is 0 Å². The number of halogens is 2. The third-order valence-corrected chi connectivity index (χ3v) is 4.97. The van der Waals surface area contributed by atoms with Crippen LogP contribution in [0.1, 0.15) is 17.2 Å². The molecule has 0 spiro atoms. The molecule has 1 aliphatic heterocycles. The van der Waals surface area contributed by atoms with Crippen LogP contribution in [0.15, 0.2) is 48.5 Å². The van der Waals surface area contributed by atoms with Gasteiger partial charge in [-0.1, -0.05) is 59.6 Å². The topological polar surface area (TPSA) is 55.8 Å². The zero-order valence-electron chi connectivity index (χ0n) is 14.6. The minimum absolute atomic E-state index is 0.00336. The second-order valence-corrected chi connectivity index (χ2v) is 6.96. The zero-order valence-corrected chi connectivity index (χ0v) is 16.1. The molecule has 1 heterocycles. The van der Waals surface area contributed by atoms with Gasteiger partial charge in [-0.05, 0) is 17.7 Å². The Bertz CT molecular complexity index is 807. The molecule has 0 unspecified atom stereocenters. The van der Waals surface area contributed by atoms with Crippen molar-refractivity contribution in [2.24, 2.45) is 0 Å². The molecule has 2 aromatic carbocycles. The first kappa shape index (κ1) is 19.7. The molecule has 1 fully saturated rings. The number of ether oxygens (including phenoxy) is 2. The largest absolute Gasteiger partial charge is 0.447 e. The Kier molecular flexibility index (Phi) is 6.72. The lowest BCUT2D eigenvalue weighted by atomic mass is 10.1. The number of rotatable bonds is 5. The van der Waals surface area contributed by atoms with E-state index in [2.05, 4.69) is 0 Å². The first-order chi connectivity index (χ1) is 13.0. The minimum Gasteiger partial charge on any atom is -0.447 e. The normalized spacial score (nSPS) is 15.3. The van der Waals surface area contributed by atoms with E-state index in [0.717, 1.165) is 0 Å². The molecule has 0 bridgehead atoms. The van der Waals surface area contributed by atoms with Crippen LogP contribution < -0.4 is 0 Å². The second kappa shape index (κ2) is 9.22. The molecule has 1 amide bonds. The highest BCUT2D eigenvalue weighted by Gasteiger charge is 2.30. The van der Waals surface area contributed by atoms with Gasteiger partial charge in [0.2, 0.25) is 6.10 Å². The van der Waals surface area contributed by atoms with Gasteiger partial charge in [-0.2, -0.15) is 0 Å². The Morgan fingerprint density at radius 2 is 1.74 bits per heavy atom. The maximum Gasteiger partial charge on any atom is 0.311 e. The van der Waals surface area contributed by atoms with E-state index < -0.39 is 12.1 Å². The van der Waals surface area contributed by atoms with Crippen LogP contribution in [-0.4, -0.2) is 43.1 Å². The molecule has 142 valence electrons. The van der Waals surface area contributed by atoms with Crippen LogP contribution in [0.3, 0.4) is 0 Å². The third-order valence-electron chi connectivity index (χ3n) is 4.23. The lowest BCUT2D eigenvalue weighted by molar-refractivity contribution is -0.162. The summed E-state index contributed by atoms with van der Waals surface area (Å²) in [5, 5.41) is 0.782. The predicted octanol–water partition coefficient (Wildman–Crippen LogP) is 3.68. The summed E-state index contributed by atoms with van der Waals surface area (Å²) in [5.41, 5.74) is 1.30. The van der Waals surface area contributed by atoms with Crippen molar-refractivity contribution in [3.05, 3.63) is 69.7 Å². The fourth-order valence-electron chi connectivity index (χ4n) is 2.83. The molecule has 27 heavy (non-hydrogen) atoms. The molecular weight excluding hydrogens is 389 g/mol. The Balaban J connectivity index is 1.75. The van der Waals surface area contributed by atoms with Gasteiger partial charge in [0.05, 0.1) is 29.7 Å². The number of nitrogens with zero attached hydrogens (tertiary/aromatic N) is 1. The maximum atomic E-state index is 12.9. The van der Waals surface area contributed by atoms with Crippen molar-refractivity contribution >= 4 is 35.1 Å². The first-order valence-corrected chi connectivity index (χ1v) is 9.35. The van der Waals surface area contributed by atoms with Gasteiger partial charge in [0.25, 0.3) is 5.91 Å². The molecule has 5 nitrogen and oxygen atoms in total. The SMILES string of the molecule is O=C(Cc1ccc(Cl)c(Cl)c1)O[C@@H](C(=O)N1CCOCC1)c1ccccc1. The molecule has 1 saturated heterocycles. The van der Waals surface area contributed by atoms with Gasteiger partial charge in [-0.25, -0.2) is 0 Å². The van der Waals surface area contributed by atoms with Gasteiger partial charge in [0, 0.05) is 18.7 Å². The smallest absolute Gasteiger partial charge is 0.311 e. The van der Waals surface area contributed by atoms with Crippen molar-refractivity contribution in [2.45, 2.75) is 12.5 Å². The van der Waals surface area contributed by atoms with Gasteiger partial charge in [-0.15, -0.1) is 0 Å². The molecule has 1 aliphatic rings. The molecule has 0 aromatic heterocycles. The van der Waals surface area contributed by atoms with E-state index in [-0.39, 0.29) is 12.3 Å². The van der Waals surface area contributed by atoms with E-state index in [1.165, 1.54) is 0 Å². The molecule has 1 atom stereocenters. The number of carbonyl (C=O) groups excluding carboxylic acids is 2. The van der Waals surface area contributed by atoms with E-state index in [0.29, 0.717) is 47.5 Å². The number of hydrogen-bond donors (Lipinski definition) is 0. The summed E-state index contributed by atoms with van der Waals surface area (Å²) in [6.45, 7) is 1.91. The van der Waals surface area contributed by atoms with E-state index in [1.807, 2.05) is 18.2 Å². The van der Waals surface area contributed by atoms with Gasteiger partial charge in [0.15, 0.2) is 0 Å². The van der Waals surface area contributed by atoms with Crippen molar-refractivity contribution < 1.29 is 19.1 Å². The van der Waals surface area contributed by atoms with E-state index in [1.54, 1.807) is 35.2 Å². The van der Waals surface area contributed by atoms with Crippen LogP contribution in [0.4, 0.5) is 0 Å². The molecule has 0 aliphatic carbocycles. The third kappa shape index (κ3) is 5.22. The van der Waals surface area contributed by atoms with Crippen LogP contribution in [0.5, 0.6) is 0 Å². The van der Waals surface area contributed by atoms with Crippen molar-refractivity contribution in [3.8, 4) is 0 Å². The lowest BCUT2D eigenvalue weighted by Gasteiger charge is -2.30. The highest BCUT2D eigenvalue weighted by atomic mass is 35.5. The fraction of sp³-hybridized carbons (Fsp3) is 0.300. The summed E-state index contributed by atoms with van der Waals surface area (Å²) in [5.74, 6) is -0.754. The number of amides is 1. The van der Waals surface area contributed by atoms with Crippen molar-refractivity contribution in [2.75, 3.05) is 26.3 Å². The Labute approximate surface area is 167 Å². The highest BCUT2D eigenvalue weighted by Crippen LogP contribution is 2.25. The average Bonchev–Trinajstić information content (AvgIpc) is 2.70. The molecule has 7 heteroatoms. The number of hydrogen-bond acceptors (Lipinski definition) is 4. The molecule has 0 radical (unpaired) electrons. The van der Waals surface area contributed by atoms with Crippen LogP contribution >= 0.6 is 23.2 Å². The number of morpholine rings is 1. The highest BCUT2D eigenvalue weighted by molar-refractivity contribution is 6.42. The summed E-state index contributed by atoms with van der Waals surface area (Å²) in [6.07, 6.45) is -0.990. The first-order valence-electron chi connectivity index (χ1n) is 8.59. The lowest BCUT2D eigenvalue weighted by Crippen LogP contribution is -2.44. The Morgan fingerprint density at radius 1 is 1.04 bits per heavy atom. The quantitative estimate of drug-likeness (QED) is 0.709. The van der Waals surface area contributed by atoms with Gasteiger partial charge < -0.3 is 14.4 Å². The predicted molar refractivity (Wildman–Crippen MR) is 103 cm³/mol. The van der Waals surface area contributed by atoms with Crippen molar-refractivity contribution in [1.82, 2.24) is 4.90 Å². The molecule has 2 aromatic rings. The zero-order chi connectivity index (χ0) is 19.2. The van der Waals surface area contributed by atoms with Crippen molar-refractivity contribution in [1.29, 1.82) is 0 Å². The molecule has 0 saturated carbocycles. The number of benzene rings is 2. The van der Waals surface area contributed by atoms with E-state index in [9.17, 15) is 9.59 Å². The molecular formula is C20H19Cl2NO4. The summed E-state index contributed by atoms with van der Waals surface area (Å²) >= 11 is 11.9. The van der Waals surface area contributed by atoms with Gasteiger partial charge in [-0.3, -0.25) is 9.59 Å². The summed E-state index contributed by atoms with van der Waals surface area (Å²) < 4.78 is 10.9. The summed E-state index contributed by atoms with van der Waals surface area (Å²) in [4.78, 5) is 27.1. The van der Waals surface area contributed by atoms with Gasteiger partial charge >= 0.3 is 5.97 Å². The monoisotopic (exact) mass is 407 g/mol.